The lowest BCUT2D eigenvalue weighted by Gasteiger charge is -2.31. The second kappa shape index (κ2) is 6.59. The van der Waals surface area contributed by atoms with Gasteiger partial charge in [0.25, 0.3) is 0 Å². The lowest BCUT2D eigenvalue weighted by atomic mass is 9.78. The van der Waals surface area contributed by atoms with Crippen LogP contribution in [0.15, 0.2) is 22.7 Å². The average molecular weight is 360 g/mol. The Labute approximate surface area is 130 Å². The zero-order chi connectivity index (χ0) is 14.7. The van der Waals surface area contributed by atoms with Gasteiger partial charge in [-0.1, -0.05) is 24.4 Å². The van der Waals surface area contributed by atoms with Gasteiger partial charge >= 0.3 is 0 Å². The van der Waals surface area contributed by atoms with Crippen LogP contribution < -0.4 is 10.4 Å². The quantitative estimate of drug-likeness (QED) is 0.902. The second-order valence-corrected chi connectivity index (χ2v) is 6.20. The van der Waals surface area contributed by atoms with Crippen LogP contribution in [0, 0.1) is 11.8 Å². The Hall–Kier alpha value is -1.07. The Morgan fingerprint density at radius 3 is 2.50 bits per heavy atom. The number of anilines is 1. The molecule has 0 bridgehead atoms. The Morgan fingerprint density at radius 2 is 1.90 bits per heavy atom. The summed E-state index contributed by atoms with van der Waals surface area (Å²) in [5.74, 6) is -2.65. The molecule has 0 aromatic heterocycles. The van der Waals surface area contributed by atoms with Gasteiger partial charge in [0.2, 0.25) is 5.91 Å². The number of amides is 1. The number of carboxylic acids is 1. The van der Waals surface area contributed by atoms with Crippen molar-refractivity contribution in [2.75, 3.05) is 5.32 Å². The van der Waals surface area contributed by atoms with Crippen molar-refractivity contribution in [3.63, 3.8) is 0 Å². The first-order chi connectivity index (χ1) is 9.49. The Bertz CT molecular complexity index is 535. The van der Waals surface area contributed by atoms with Gasteiger partial charge in [-0.05, 0) is 47.0 Å². The van der Waals surface area contributed by atoms with Gasteiger partial charge in [0.05, 0.1) is 5.02 Å². The van der Waals surface area contributed by atoms with Crippen molar-refractivity contribution < 1.29 is 14.7 Å². The number of hydrogen-bond donors (Lipinski definition) is 1. The molecule has 1 aromatic rings. The van der Waals surface area contributed by atoms with Crippen LogP contribution in [-0.2, 0) is 9.59 Å². The molecule has 1 amide bonds. The normalized spacial score (nSPS) is 22.3. The lowest BCUT2D eigenvalue weighted by Crippen LogP contribution is -2.42. The molecule has 0 spiro atoms. The first-order valence-corrected chi connectivity index (χ1v) is 7.63. The summed E-state index contributed by atoms with van der Waals surface area (Å²) in [6.45, 7) is 0. The topological polar surface area (TPSA) is 69.2 Å². The Kier molecular flexibility index (Phi) is 5.05. The van der Waals surface area contributed by atoms with E-state index in [4.69, 9.17) is 11.6 Å². The number of benzene rings is 1. The van der Waals surface area contributed by atoms with E-state index in [1.165, 1.54) is 0 Å². The van der Waals surface area contributed by atoms with Crippen molar-refractivity contribution in [1.29, 1.82) is 0 Å². The van der Waals surface area contributed by atoms with Crippen LogP contribution in [0.5, 0.6) is 0 Å². The van der Waals surface area contributed by atoms with Gasteiger partial charge in [-0.15, -0.1) is 0 Å². The maximum Gasteiger partial charge on any atom is 0.228 e. The summed E-state index contributed by atoms with van der Waals surface area (Å²) in [5, 5.41) is 14.3. The largest absolute Gasteiger partial charge is 0.550 e. The maximum atomic E-state index is 12.2. The van der Waals surface area contributed by atoms with Gasteiger partial charge in [-0.25, -0.2) is 0 Å². The van der Waals surface area contributed by atoms with Crippen LogP contribution in [0.3, 0.4) is 0 Å². The molecule has 0 aliphatic heterocycles. The van der Waals surface area contributed by atoms with Crippen LogP contribution >= 0.6 is 27.5 Å². The van der Waals surface area contributed by atoms with Gasteiger partial charge in [0, 0.05) is 28.0 Å². The van der Waals surface area contributed by atoms with Gasteiger partial charge in [0.15, 0.2) is 0 Å². The molecule has 1 aliphatic carbocycles. The number of carbonyl (C=O) groups excluding carboxylic acids is 2. The molecule has 0 heterocycles. The minimum absolute atomic E-state index is 0.280. The summed E-state index contributed by atoms with van der Waals surface area (Å²) in [6, 6.07) is 5.07. The SMILES string of the molecule is O=C([O-])C1CCCCC1C(=O)Nc1ccc(Br)c(Cl)c1. The molecule has 4 nitrogen and oxygen atoms in total. The van der Waals surface area contributed by atoms with Gasteiger partial charge in [-0.3, -0.25) is 4.79 Å². The van der Waals surface area contributed by atoms with E-state index >= 15 is 0 Å². The maximum absolute atomic E-state index is 12.2. The predicted octanol–water partition coefficient (Wildman–Crippen LogP) is 2.60. The number of nitrogens with one attached hydrogen (secondary N) is 1. The van der Waals surface area contributed by atoms with Crippen molar-refractivity contribution in [1.82, 2.24) is 0 Å². The highest BCUT2D eigenvalue weighted by molar-refractivity contribution is 9.10. The van der Waals surface area contributed by atoms with Crippen molar-refractivity contribution in [2.24, 2.45) is 11.8 Å². The van der Waals surface area contributed by atoms with Gasteiger partial charge < -0.3 is 15.2 Å². The summed E-state index contributed by atoms with van der Waals surface area (Å²) >= 11 is 9.23. The minimum Gasteiger partial charge on any atom is -0.550 e. The van der Waals surface area contributed by atoms with E-state index in [0.29, 0.717) is 23.6 Å². The van der Waals surface area contributed by atoms with E-state index in [0.717, 1.165) is 17.3 Å². The summed E-state index contributed by atoms with van der Waals surface area (Å²) in [5.41, 5.74) is 0.561. The molecule has 2 unspecified atom stereocenters. The molecule has 0 radical (unpaired) electrons. The number of carbonyl (C=O) groups is 2. The van der Waals surface area contributed by atoms with E-state index in [9.17, 15) is 14.7 Å². The molecule has 6 heteroatoms. The number of rotatable bonds is 3. The van der Waals surface area contributed by atoms with E-state index < -0.39 is 17.8 Å². The summed E-state index contributed by atoms with van der Waals surface area (Å²) in [4.78, 5) is 23.3. The van der Waals surface area contributed by atoms with E-state index in [1.807, 2.05) is 0 Å². The van der Waals surface area contributed by atoms with Crippen LogP contribution in [0.2, 0.25) is 5.02 Å². The van der Waals surface area contributed by atoms with Crippen LogP contribution in [0.1, 0.15) is 25.7 Å². The Balaban J connectivity index is 2.09. The Morgan fingerprint density at radius 1 is 1.25 bits per heavy atom. The van der Waals surface area contributed by atoms with E-state index in [2.05, 4.69) is 21.2 Å². The van der Waals surface area contributed by atoms with Crippen molar-refractivity contribution in [3.05, 3.63) is 27.7 Å². The first-order valence-electron chi connectivity index (χ1n) is 6.46. The molecular weight excluding hydrogens is 346 g/mol. The molecule has 1 N–H and O–H groups in total. The third-order valence-electron chi connectivity index (χ3n) is 3.59. The fourth-order valence-corrected chi connectivity index (χ4v) is 2.96. The molecule has 2 atom stereocenters. The summed E-state index contributed by atoms with van der Waals surface area (Å²) in [6.07, 6.45) is 2.77. The number of carboxylic acid groups (broad SMARTS) is 1. The third-order valence-corrected chi connectivity index (χ3v) is 4.83. The van der Waals surface area contributed by atoms with Crippen molar-refractivity contribution in [2.45, 2.75) is 25.7 Å². The standard InChI is InChI=1S/C14H15BrClNO3/c15-11-6-5-8(7-12(11)16)17-13(18)9-3-1-2-4-10(9)14(19)20/h5-7,9-10H,1-4H2,(H,17,18)(H,19,20)/p-1. The molecule has 2 rings (SSSR count). The highest BCUT2D eigenvalue weighted by atomic mass is 79.9. The first kappa shape index (κ1) is 15.3. The zero-order valence-electron chi connectivity index (χ0n) is 10.7. The number of hydrogen-bond acceptors (Lipinski definition) is 3. The van der Waals surface area contributed by atoms with Gasteiger partial charge in [0.1, 0.15) is 0 Å². The van der Waals surface area contributed by atoms with Crippen molar-refractivity contribution >= 4 is 45.1 Å². The summed E-state index contributed by atoms with van der Waals surface area (Å²) in [7, 11) is 0. The molecule has 20 heavy (non-hydrogen) atoms. The predicted molar refractivity (Wildman–Crippen MR) is 78.2 cm³/mol. The molecule has 108 valence electrons. The minimum atomic E-state index is -1.14. The van der Waals surface area contributed by atoms with Gasteiger partial charge in [-0.2, -0.15) is 0 Å². The van der Waals surface area contributed by atoms with Crippen LogP contribution in [0.25, 0.3) is 0 Å². The molecule has 1 aliphatic rings. The second-order valence-electron chi connectivity index (χ2n) is 4.93. The van der Waals surface area contributed by atoms with Crippen LogP contribution in [-0.4, -0.2) is 11.9 Å². The fraction of sp³-hybridized carbons (Fsp3) is 0.429. The van der Waals surface area contributed by atoms with E-state index in [1.54, 1.807) is 18.2 Å². The highest BCUT2D eigenvalue weighted by Crippen LogP contribution is 2.31. The molecule has 0 saturated heterocycles. The molecular formula is C14H14BrClNO3-. The summed E-state index contributed by atoms with van der Waals surface area (Å²) < 4.78 is 0.738. The third kappa shape index (κ3) is 3.52. The highest BCUT2D eigenvalue weighted by Gasteiger charge is 2.31. The molecule has 1 saturated carbocycles. The molecule has 1 fully saturated rings. The number of halogens is 2. The fourth-order valence-electron chi connectivity index (χ4n) is 2.54. The van der Waals surface area contributed by atoms with E-state index in [-0.39, 0.29) is 5.91 Å². The lowest BCUT2D eigenvalue weighted by molar-refractivity contribution is -0.313. The monoisotopic (exact) mass is 358 g/mol. The average Bonchev–Trinajstić information content (AvgIpc) is 2.43. The zero-order valence-corrected chi connectivity index (χ0v) is 13.0. The number of aliphatic carboxylic acids is 1. The van der Waals surface area contributed by atoms with Crippen molar-refractivity contribution in [3.8, 4) is 0 Å². The van der Waals surface area contributed by atoms with Crippen LogP contribution in [0.4, 0.5) is 5.69 Å². The molecule has 1 aromatic carbocycles. The smallest absolute Gasteiger partial charge is 0.228 e.